The van der Waals surface area contributed by atoms with Gasteiger partial charge in [0.15, 0.2) is 0 Å². The molecule has 0 aliphatic heterocycles. The molecule has 0 aromatic carbocycles. The molecule has 0 heterocycles. The minimum atomic E-state index is -0.828. The fourth-order valence-corrected chi connectivity index (χ4v) is 7.24. The zero-order valence-corrected chi connectivity index (χ0v) is 41.8. The second kappa shape index (κ2) is 51.2. The highest BCUT2D eigenvalue weighted by atomic mass is 16.5. The van der Waals surface area contributed by atoms with Gasteiger partial charge in [0.25, 0.3) is 0 Å². The summed E-state index contributed by atoms with van der Waals surface area (Å²) in [4.78, 5) is 26.1. The van der Waals surface area contributed by atoms with E-state index in [1.165, 1.54) is 83.5 Å². The minimum Gasteiger partial charge on any atom is -0.461 e. The van der Waals surface area contributed by atoms with E-state index >= 15 is 0 Å². The van der Waals surface area contributed by atoms with Crippen molar-refractivity contribution in [2.75, 3.05) is 6.61 Å². The van der Waals surface area contributed by atoms with Crippen molar-refractivity contribution in [3.8, 4) is 0 Å². The van der Waals surface area contributed by atoms with Crippen LogP contribution in [0.5, 0.6) is 0 Å². The Morgan fingerprint density at radius 1 is 0.492 bits per heavy atom. The van der Waals surface area contributed by atoms with Crippen LogP contribution in [-0.4, -0.2) is 46.9 Å². The number of rotatable bonds is 45. The summed E-state index contributed by atoms with van der Waals surface area (Å²) in [5.74, 6) is -0.640. The summed E-state index contributed by atoms with van der Waals surface area (Å²) >= 11 is 0. The maximum Gasteiger partial charge on any atom is 0.306 e. The largest absolute Gasteiger partial charge is 0.461 e. The Kier molecular flexibility index (Phi) is 48.3. The zero-order chi connectivity index (χ0) is 47.4. The number of aliphatic hydroxyl groups is 2. The monoisotopic (exact) mass is 900 g/mol. The summed E-state index contributed by atoms with van der Waals surface area (Å²) in [5, 5.41) is 23.8. The van der Waals surface area contributed by atoms with Crippen LogP contribution in [0.25, 0.3) is 0 Å². The summed E-state index contributed by atoms with van der Waals surface area (Å²) < 4.78 is 5.85. The smallest absolute Gasteiger partial charge is 0.306 e. The highest BCUT2D eigenvalue weighted by Crippen LogP contribution is 2.16. The van der Waals surface area contributed by atoms with Crippen molar-refractivity contribution in [2.24, 2.45) is 0 Å². The van der Waals surface area contributed by atoms with Crippen LogP contribution in [0.1, 0.15) is 213 Å². The van der Waals surface area contributed by atoms with Crippen LogP contribution >= 0.6 is 0 Å². The van der Waals surface area contributed by atoms with Crippen LogP contribution in [0.2, 0.25) is 0 Å². The van der Waals surface area contributed by atoms with Crippen LogP contribution in [0, 0.1) is 0 Å². The Labute approximate surface area is 400 Å². The lowest BCUT2D eigenvalue weighted by Gasteiger charge is -2.24. The molecule has 0 bridgehead atoms. The van der Waals surface area contributed by atoms with Crippen molar-refractivity contribution < 1.29 is 24.5 Å². The maximum absolute atomic E-state index is 13.2. The van der Waals surface area contributed by atoms with E-state index in [0.29, 0.717) is 19.3 Å². The number of amides is 1. The molecule has 3 N–H and O–H groups in total. The molecule has 0 spiro atoms. The van der Waals surface area contributed by atoms with Crippen LogP contribution in [0.4, 0.5) is 0 Å². The molecular formula is C59H97NO5. The molecule has 0 fully saturated rings. The number of hydrogen-bond donors (Lipinski definition) is 3. The average molecular weight is 900 g/mol. The molecule has 65 heavy (non-hydrogen) atoms. The van der Waals surface area contributed by atoms with Gasteiger partial charge in [-0.05, 0) is 64.2 Å². The summed E-state index contributed by atoms with van der Waals surface area (Å²) in [6, 6.07) is -0.750. The van der Waals surface area contributed by atoms with Gasteiger partial charge in [-0.15, -0.1) is 0 Å². The predicted octanol–water partition coefficient (Wildman–Crippen LogP) is 16.1. The van der Waals surface area contributed by atoms with Gasteiger partial charge in [-0.1, -0.05) is 251 Å². The van der Waals surface area contributed by atoms with Gasteiger partial charge in [-0.3, -0.25) is 9.59 Å². The first-order valence-corrected chi connectivity index (χ1v) is 26.3. The van der Waals surface area contributed by atoms with Gasteiger partial charge in [0.05, 0.1) is 25.2 Å². The third-order valence-corrected chi connectivity index (χ3v) is 11.2. The van der Waals surface area contributed by atoms with Crippen molar-refractivity contribution in [2.45, 2.75) is 232 Å². The molecule has 3 unspecified atom stereocenters. The van der Waals surface area contributed by atoms with Crippen molar-refractivity contribution in [1.82, 2.24) is 5.32 Å². The van der Waals surface area contributed by atoms with Gasteiger partial charge in [0.1, 0.15) is 6.10 Å². The van der Waals surface area contributed by atoms with E-state index in [-0.39, 0.29) is 24.9 Å². The highest BCUT2D eigenvalue weighted by Gasteiger charge is 2.23. The standard InChI is InChI=1S/C59H97NO5/c1-4-7-10-13-16-19-22-25-28-31-33-36-39-42-45-48-51-57(62)56(54-61)60-58(63)53-55(50-47-44-41-38-35-32-29-26-23-20-17-14-11-8-5-2)65-59(64)52-49-46-43-40-37-34-30-27-24-21-18-15-12-9-6-3/h8-9,11-12,15,17-18,20-21,24,26-27,29-30,34-35,37-38,44,47,55-57,61-62H,4-7,10,13-14,16,19,22-23,25,28,31-33,36,39-43,45-46,48-54H2,1-3H3,(H,60,63)/b11-8-,12-9+,18-15+,20-17-,24-21-,29-26-,30-27-,37-34+,38-35-,47-44-. The molecule has 3 atom stereocenters. The van der Waals surface area contributed by atoms with E-state index in [1.54, 1.807) is 0 Å². The Balaban J connectivity index is 4.78. The molecule has 0 saturated carbocycles. The number of carbonyl (C=O) groups excluding carboxylic acids is 2. The molecule has 0 saturated heterocycles. The molecule has 6 heteroatoms. The predicted molar refractivity (Wildman–Crippen MR) is 282 cm³/mol. The molecule has 6 nitrogen and oxygen atoms in total. The van der Waals surface area contributed by atoms with Gasteiger partial charge in [-0.25, -0.2) is 0 Å². The number of allylic oxidation sites excluding steroid dienone is 19. The number of ether oxygens (including phenoxy) is 1. The van der Waals surface area contributed by atoms with Gasteiger partial charge in [0.2, 0.25) is 5.91 Å². The topological polar surface area (TPSA) is 95.9 Å². The summed E-state index contributed by atoms with van der Waals surface area (Å²) in [6.07, 6.45) is 71.3. The maximum atomic E-state index is 13.2. The first kappa shape index (κ1) is 61.3. The van der Waals surface area contributed by atoms with E-state index in [1.807, 2.05) is 60.8 Å². The first-order chi connectivity index (χ1) is 32.0. The fraction of sp³-hybridized carbons (Fsp3) is 0.627. The molecule has 0 aromatic heterocycles. The van der Waals surface area contributed by atoms with Crippen LogP contribution in [0.3, 0.4) is 0 Å². The second-order valence-corrected chi connectivity index (χ2v) is 17.3. The number of aliphatic hydroxyl groups excluding tert-OH is 2. The Morgan fingerprint density at radius 2 is 0.923 bits per heavy atom. The van der Waals surface area contributed by atoms with Crippen molar-refractivity contribution >= 4 is 11.9 Å². The molecule has 0 rings (SSSR count). The SMILES string of the molecule is CC/C=C\C/C=C\C/C=C\C/C=C\C/C=C\CC(CC(=O)NC(CO)C(O)CCCCCCCCCCCCCCCCCC)OC(=O)CCCCC/C=C/C=C\C=C/C=C/C=C/CC. The number of nitrogens with one attached hydrogen (secondary N) is 1. The van der Waals surface area contributed by atoms with Gasteiger partial charge >= 0.3 is 5.97 Å². The third kappa shape index (κ3) is 46.6. The Hall–Kier alpha value is -3.74. The number of carbonyl (C=O) groups is 2. The second-order valence-electron chi connectivity index (χ2n) is 17.3. The molecule has 368 valence electrons. The van der Waals surface area contributed by atoms with Crippen molar-refractivity contribution in [1.29, 1.82) is 0 Å². The summed E-state index contributed by atoms with van der Waals surface area (Å²) in [6.45, 7) is 6.18. The van der Waals surface area contributed by atoms with Crippen molar-refractivity contribution in [3.63, 3.8) is 0 Å². The van der Waals surface area contributed by atoms with Crippen LogP contribution in [0.15, 0.2) is 122 Å². The molecule has 0 aliphatic rings. The van der Waals surface area contributed by atoms with Crippen molar-refractivity contribution in [3.05, 3.63) is 122 Å². The zero-order valence-electron chi connectivity index (χ0n) is 41.8. The lowest BCUT2D eigenvalue weighted by atomic mass is 10.0. The lowest BCUT2D eigenvalue weighted by Crippen LogP contribution is -2.46. The van der Waals surface area contributed by atoms with E-state index in [0.717, 1.165) is 83.5 Å². The van der Waals surface area contributed by atoms with E-state index in [9.17, 15) is 19.8 Å². The van der Waals surface area contributed by atoms with Gasteiger partial charge in [0, 0.05) is 12.8 Å². The number of unbranched alkanes of at least 4 members (excludes halogenated alkanes) is 18. The summed E-state index contributed by atoms with van der Waals surface area (Å²) in [5.41, 5.74) is 0. The van der Waals surface area contributed by atoms with E-state index in [4.69, 9.17) is 4.74 Å². The lowest BCUT2D eigenvalue weighted by molar-refractivity contribution is -0.150. The third-order valence-electron chi connectivity index (χ3n) is 11.2. The average Bonchev–Trinajstić information content (AvgIpc) is 3.30. The molecule has 0 aliphatic carbocycles. The summed E-state index contributed by atoms with van der Waals surface area (Å²) in [7, 11) is 0. The van der Waals surface area contributed by atoms with Gasteiger partial charge in [-0.2, -0.15) is 0 Å². The fourth-order valence-electron chi connectivity index (χ4n) is 7.24. The highest BCUT2D eigenvalue weighted by molar-refractivity contribution is 5.77. The Bertz CT molecular complexity index is 1380. The molecule has 1 amide bonds. The van der Waals surface area contributed by atoms with E-state index in [2.05, 4.69) is 86.8 Å². The number of hydrogen-bond acceptors (Lipinski definition) is 5. The van der Waals surface area contributed by atoms with Crippen LogP contribution < -0.4 is 5.32 Å². The van der Waals surface area contributed by atoms with Gasteiger partial charge < -0.3 is 20.3 Å². The molecular weight excluding hydrogens is 803 g/mol. The Morgan fingerprint density at radius 3 is 1.42 bits per heavy atom. The first-order valence-electron chi connectivity index (χ1n) is 26.3. The minimum absolute atomic E-state index is 0.0258. The van der Waals surface area contributed by atoms with Crippen LogP contribution in [-0.2, 0) is 14.3 Å². The molecule has 0 radical (unpaired) electrons. The normalized spacial score (nSPS) is 14.2. The van der Waals surface area contributed by atoms with E-state index < -0.39 is 18.2 Å². The number of esters is 1. The quantitative estimate of drug-likeness (QED) is 0.0245. The molecule has 0 aromatic rings.